The van der Waals surface area contributed by atoms with Crippen molar-refractivity contribution in [2.45, 2.75) is 25.9 Å². The van der Waals surface area contributed by atoms with Gasteiger partial charge in [0.2, 0.25) is 0 Å². The highest BCUT2D eigenvalue weighted by atomic mass is 32.2. The van der Waals surface area contributed by atoms with E-state index in [1.54, 1.807) is 6.20 Å². The third kappa shape index (κ3) is 2.58. The Kier molecular flexibility index (Phi) is 3.52. The lowest BCUT2D eigenvalue weighted by atomic mass is 10.2. The van der Waals surface area contributed by atoms with E-state index in [1.165, 1.54) is 0 Å². The number of pyridine rings is 1. The zero-order chi connectivity index (χ0) is 14.2. The minimum atomic E-state index is -2.84. The average Bonchev–Trinajstić information content (AvgIpc) is 3.02. The molecule has 2 aromatic heterocycles. The number of aromatic nitrogens is 2. The molecule has 0 spiro atoms. The van der Waals surface area contributed by atoms with Crippen molar-refractivity contribution in [2.75, 3.05) is 18.1 Å². The molecule has 0 amide bonds. The van der Waals surface area contributed by atoms with Crippen molar-refractivity contribution in [3.8, 4) is 0 Å². The van der Waals surface area contributed by atoms with Gasteiger partial charge >= 0.3 is 0 Å². The number of rotatable bonds is 4. The smallest absolute Gasteiger partial charge is 0.151 e. The van der Waals surface area contributed by atoms with E-state index in [-0.39, 0.29) is 6.04 Å². The SMILES string of the molecule is CCN(Cc1cccc2nccn12)C1CCS(=O)(=O)C1. The van der Waals surface area contributed by atoms with E-state index in [0.29, 0.717) is 11.5 Å². The summed E-state index contributed by atoms with van der Waals surface area (Å²) in [5, 5.41) is 0. The average molecular weight is 293 g/mol. The van der Waals surface area contributed by atoms with E-state index in [0.717, 1.165) is 30.9 Å². The van der Waals surface area contributed by atoms with Crippen LogP contribution < -0.4 is 0 Å². The molecule has 20 heavy (non-hydrogen) atoms. The summed E-state index contributed by atoms with van der Waals surface area (Å²) >= 11 is 0. The molecule has 1 aliphatic heterocycles. The highest BCUT2D eigenvalue weighted by Crippen LogP contribution is 2.20. The molecule has 1 unspecified atom stereocenters. The molecule has 1 fully saturated rings. The minimum Gasteiger partial charge on any atom is -0.303 e. The summed E-state index contributed by atoms with van der Waals surface area (Å²) in [6.45, 7) is 3.69. The topological polar surface area (TPSA) is 54.7 Å². The zero-order valence-electron chi connectivity index (χ0n) is 11.6. The largest absolute Gasteiger partial charge is 0.303 e. The van der Waals surface area contributed by atoms with E-state index < -0.39 is 9.84 Å². The van der Waals surface area contributed by atoms with E-state index in [2.05, 4.69) is 27.3 Å². The Morgan fingerprint density at radius 3 is 3.00 bits per heavy atom. The summed E-state index contributed by atoms with van der Waals surface area (Å²) in [6, 6.07) is 6.18. The molecule has 3 heterocycles. The summed E-state index contributed by atoms with van der Waals surface area (Å²) in [5.41, 5.74) is 2.07. The lowest BCUT2D eigenvalue weighted by Crippen LogP contribution is -2.36. The lowest BCUT2D eigenvalue weighted by Gasteiger charge is -2.26. The van der Waals surface area contributed by atoms with Gasteiger partial charge in [0.05, 0.1) is 11.5 Å². The molecule has 0 N–H and O–H groups in total. The quantitative estimate of drug-likeness (QED) is 0.854. The molecule has 1 aliphatic rings. The molecule has 2 aromatic rings. The number of hydrogen-bond donors (Lipinski definition) is 0. The van der Waals surface area contributed by atoms with Gasteiger partial charge in [0.25, 0.3) is 0 Å². The van der Waals surface area contributed by atoms with E-state index >= 15 is 0 Å². The van der Waals surface area contributed by atoms with Gasteiger partial charge in [-0.3, -0.25) is 4.90 Å². The van der Waals surface area contributed by atoms with Crippen LogP contribution in [0.2, 0.25) is 0 Å². The van der Waals surface area contributed by atoms with Gasteiger partial charge in [-0.15, -0.1) is 0 Å². The molecule has 1 saturated heterocycles. The van der Waals surface area contributed by atoms with Gasteiger partial charge in [0.1, 0.15) is 5.65 Å². The highest BCUT2D eigenvalue weighted by molar-refractivity contribution is 7.91. The first-order chi connectivity index (χ1) is 9.59. The molecule has 0 aliphatic carbocycles. The van der Waals surface area contributed by atoms with Crippen molar-refractivity contribution in [3.63, 3.8) is 0 Å². The van der Waals surface area contributed by atoms with Crippen LogP contribution in [0.3, 0.4) is 0 Å². The van der Waals surface area contributed by atoms with Gasteiger partial charge in [-0.2, -0.15) is 0 Å². The number of hydrogen-bond acceptors (Lipinski definition) is 4. The Morgan fingerprint density at radius 1 is 1.45 bits per heavy atom. The van der Waals surface area contributed by atoms with Crippen molar-refractivity contribution in [2.24, 2.45) is 0 Å². The predicted octanol–water partition coefficient (Wildman–Crippen LogP) is 1.34. The molecule has 0 aromatic carbocycles. The lowest BCUT2D eigenvalue weighted by molar-refractivity contribution is 0.211. The molecule has 108 valence electrons. The molecule has 0 radical (unpaired) electrons. The highest BCUT2D eigenvalue weighted by Gasteiger charge is 2.31. The first kappa shape index (κ1) is 13.6. The van der Waals surface area contributed by atoms with Crippen LogP contribution in [0.25, 0.3) is 5.65 Å². The van der Waals surface area contributed by atoms with Crippen LogP contribution in [0, 0.1) is 0 Å². The van der Waals surface area contributed by atoms with Crippen molar-refractivity contribution >= 4 is 15.5 Å². The Labute approximate surface area is 119 Å². The van der Waals surface area contributed by atoms with E-state index in [4.69, 9.17) is 0 Å². The third-order valence-corrected chi connectivity index (χ3v) is 5.76. The van der Waals surface area contributed by atoms with Crippen LogP contribution in [-0.4, -0.2) is 46.8 Å². The van der Waals surface area contributed by atoms with Crippen molar-refractivity contribution in [3.05, 3.63) is 36.3 Å². The molecular formula is C14H19N3O2S. The number of nitrogens with zero attached hydrogens (tertiary/aromatic N) is 3. The number of fused-ring (bicyclic) bond motifs is 1. The van der Waals surface area contributed by atoms with E-state index in [9.17, 15) is 8.42 Å². The van der Waals surface area contributed by atoms with Gasteiger partial charge in [0, 0.05) is 30.7 Å². The van der Waals surface area contributed by atoms with Crippen LogP contribution >= 0.6 is 0 Å². The minimum absolute atomic E-state index is 0.142. The normalized spacial score (nSPS) is 21.8. The maximum atomic E-state index is 11.6. The second-order valence-electron chi connectivity index (χ2n) is 5.29. The first-order valence-corrected chi connectivity index (χ1v) is 8.76. The fourth-order valence-electron chi connectivity index (χ4n) is 2.91. The molecular weight excluding hydrogens is 274 g/mol. The Morgan fingerprint density at radius 2 is 2.30 bits per heavy atom. The fourth-order valence-corrected chi connectivity index (χ4v) is 4.67. The van der Waals surface area contributed by atoms with Gasteiger partial charge < -0.3 is 4.40 Å². The van der Waals surface area contributed by atoms with Crippen LogP contribution in [0.1, 0.15) is 19.0 Å². The molecule has 5 nitrogen and oxygen atoms in total. The maximum Gasteiger partial charge on any atom is 0.151 e. The van der Waals surface area contributed by atoms with Crippen LogP contribution in [0.5, 0.6) is 0 Å². The third-order valence-electron chi connectivity index (χ3n) is 4.01. The maximum absolute atomic E-state index is 11.6. The van der Waals surface area contributed by atoms with Crippen molar-refractivity contribution in [1.29, 1.82) is 0 Å². The molecule has 0 bridgehead atoms. The summed E-state index contributed by atoms with van der Waals surface area (Å²) in [5.74, 6) is 0.615. The van der Waals surface area contributed by atoms with Crippen molar-refractivity contribution in [1.82, 2.24) is 14.3 Å². The fraction of sp³-hybridized carbons (Fsp3) is 0.500. The first-order valence-electron chi connectivity index (χ1n) is 6.94. The molecule has 3 rings (SSSR count). The molecule has 6 heteroatoms. The van der Waals surface area contributed by atoms with Crippen LogP contribution in [0.15, 0.2) is 30.6 Å². The Hall–Kier alpha value is -1.40. The summed E-state index contributed by atoms with van der Waals surface area (Å²) in [6.07, 6.45) is 4.48. The Balaban J connectivity index is 1.83. The number of imidazole rings is 1. The summed E-state index contributed by atoms with van der Waals surface area (Å²) in [4.78, 5) is 6.53. The van der Waals surface area contributed by atoms with Gasteiger partial charge in [-0.25, -0.2) is 13.4 Å². The van der Waals surface area contributed by atoms with Crippen LogP contribution in [-0.2, 0) is 16.4 Å². The second-order valence-corrected chi connectivity index (χ2v) is 7.52. The van der Waals surface area contributed by atoms with Gasteiger partial charge in [-0.05, 0) is 25.1 Å². The second kappa shape index (κ2) is 5.18. The van der Waals surface area contributed by atoms with Gasteiger partial charge in [-0.1, -0.05) is 13.0 Å². The molecule has 1 atom stereocenters. The predicted molar refractivity (Wildman–Crippen MR) is 78.3 cm³/mol. The monoisotopic (exact) mass is 293 g/mol. The van der Waals surface area contributed by atoms with Crippen LogP contribution in [0.4, 0.5) is 0 Å². The summed E-state index contributed by atoms with van der Waals surface area (Å²) in [7, 11) is -2.84. The number of sulfone groups is 1. The standard InChI is InChI=1S/C14H19N3O2S/c1-2-16(13-6-9-20(18,19)11-13)10-12-4-3-5-14-15-7-8-17(12)14/h3-5,7-8,13H,2,6,9-11H2,1H3. The summed E-state index contributed by atoms with van der Waals surface area (Å²) < 4.78 is 25.3. The van der Waals surface area contributed by atoms with Gasteiger partial charge in [0.15, 0.2) is 9.84 Å². The van der Waals surface area contributed by atoms with Crippen molar-refractivity contribution < 1.29 is 8.42 Å². The van der Waals surface area contributed by atoms with E-state index in [1.807, 2.05) is 18.3 Å². The zero-order valence-corrected chi connectivity index (χ0v) is 12.4. The Bertz CT molecular complexity index is 708. The molecule has 0 saturated carbocycles.